The van der Waals surface area contributed by atoms with Crippen LogP contribution in [0.15, 0.2) is 41.9 Å². The van der Waals surface area contributed by atoms with Crippen LogP contribution in [0, 0.1) is 17.3 Å². The number of amides is 3. The van der Waals surface area contributed by atoms with Crippen LogP contribution in [0.25, 0.3) is 33.4 Å². The number of hydrogen-bond donors (Lipinski definition) is 3. The van der Waals surface area contributed by atoms with Gasteiger partial charge in [0, 0.05) is 79.2 Å². The van der Waals surface area contributed by atoms with Crippen LogP contribution in [0.4, 0.5) is 0 Å². The summed E-state index contributed by atoms with van der Waals surface area (Å²) in [4.78, 5) is 67.5. The summed E-state index contributed by atoms with van der Waals surface area (Å²) in [6.07, 6.45) is 4.04. The number of benzene rings is 1. The van der Waals surface area contributed by atoms with E-state index < -0.39 is 35.4 Å². The number of pyridine rings is 1. The molecule has 0 spiro atoms. The van der Waals surface area contributed by atoms with Gasteiger partial charge in [0.2, 0.25) is 11.8 Å². The minimum atomic E-state index is -1.02. The van der Waals surface area contributed by atoms with E-state index in [1.807, 2.05) is 32.2 Å². The van der Waals surface area contributed by atoms with Crippen LogP contribution >= 0.6 is 11.3 Å². The zero-order valence-electron chi connectivity index (χ0n) is 36.2. The molecule has 3 aromatic heterocycles. The molecule has 15 heteroatoms. The third-order valence-corrected chi connectivity index (χ3v) is 13.1. The third-order valence-electron chi connectivity index (χ3n) is 12.2. The first-order valence-electron chi connectivity index (χ1n) is 21.3. The molecular weight excluding hydrogens is 781 g/mol. The van der Waals surface area contributed by atoms with Crippen LogP contribution in [-0.4, -0.2) is 107 Å². The molecule has 1 aromatic carbocycles. The number of methoxy groups -OCH3 is 1. The smallest absolute Gasteiger partial charge is 0.324 e. The fraction of sp³-hybridized carbons (Fsp3) is 0.556. The molecule has 0 radical (unpaired) electrons. The molecular formula is C45H60N8O6S. The van der Waals surface area contributed by atoms with Gasteiger partial charge in [0.05, 0.1) is 40.7 Å². The first-order valence-corrected chi connectivity index (χ1v) is 22.2. The number of carbonyl (C=O) groups is 4. The Morgan fingerprint density at radius 1 is 1.17 bits per heavy atom. The number of aryl methyl sites for hydroxylation is 1. The van der Waals surface area contributed by atoms with Crippen LogP contribution in [0.1, 0.15) is 83.2 Å². The van der Waals surface area contributed by atoms with Gasteiger partial charge in [0.25, 0.3) is 5.91 Å². The van der Waals surface area contributed by atoms with E-state index in [-0.39, 0.29) is 42.8 Å². The van der Waals surface area contributed by atoms with Gasteiger partial charge >= 0.3 is 5.97 Å². The van der Waals surface area contributed by atoms with Crippen LogP contribution in [0.3, 0.4) is 0 Å². The van der Waals surface area contributed by atoms with E-state index in [1.54, 1.807) is 20.4 Å². The van der Waals surface area contributed by atoms with Crippen molar-refractivity contribution in [2.45, 2.75) is 104 Å². The Kier molecular flexibility index (Phi) is 13.1. The summed E-state index contributed by atoms with van der Waals surface area (Å²) < 4.78 is 14.2. The highest BCUT2D eigenvalue weighted by Gasteiger charge is 2.39. The van der Waals surface area contributed by atoms with Crippen molar-refractivity contribution >= 4 is 45.9 Å². The number of hydrazine groups is 1. The van der Waals surface area contributed by atoms with Crippen molar-refractivity contribution in [3.05, 3.63) is 58.2 Å². The molecule has 6 bridgehead atoms. The minimum absolute atomic E-state index is 0.0939. The predicted molar refractivity (Wildman–Crippen MR) is 232 cm³/mol. The van der Waals surface area contributed by atoms with Crippen molar-refractivity contribution in [2.24, 2.45) is 17.3 Å². The predicted octanol–water partition coefficient (Wildman–Crippen LogP) is 5.30. The lowest BCUT2D eigenvalue weighted by molar-refractivity contribution is -0.155. The van der Waals surface area contributed by atoms with E-state index in [2.05, 4.69) is 65.7 Å². The van der Waals surface area contributed by atoms with Crippen LogP contribution in [-0.2, 0) is 48.0 Å². The molecule has 2 saturated heterocycles. The lowest BCUT2D eigenvalue weighted by Crippen LogP contribution is -2.62. The van der Waals surface area contributed by atoms with E-state index in [0.29, 0.717) is 50.3 Å². The van der Waals surface area contributed by atoms with Gasteiger partial charge in [-0.25, -0.2) is 10.4 Å². The lowest BCUT2D eigenvalue weighted by Gasteiger charge is -2.36. The maximum Gasteiger partial charge on any atom is 0.324 e. The van der Waals surface area contributed by atoms with Crippen LogP contribution < -0.4 is 16.1 Å². The highest BCUT2D eigenvalue weighted by Crippen LogP contribution is 2.42. The van der Waals surface area contributed by atoms with Crippen molar-refractivity contribution in [3.63, 3.8) is 0 Å². The van der Waals surface area contributed by atoms with Crippen LogP contribution in [0.2, 0.25) is 0 Å². The molecule has 6 heterocycles. The number of nitrogens with zero attached hydrogens (tertiary/aromatic N) is 5. The van der Waals surface area contributed by atoms with Gasteiger partial charge in [-0.15, -0.1) is 11.3 Å². The second-order valence-corrected chi connectivity index (χ2v) is 18.5. The number of carbonyl (C=O) groups excluding carboxylic acids is 4. The third kappa shape index (κ3) is 8.86. The Hall–Kier alpha value is -4.70. The summed E-state index contributed by atoms with van der Waals surface area (Å²) in [5.74, 6) is -1.75. The van der Waals surface area contributed by atoms with Crippen molar-refractivity contribution in [1.29, 1.82) is 0 Å². The molecule has 0 aliphatic carbocycles. The Balaban J connectivity index is 1.30. The number of nitrogens with one attached hydrogen (secondary N) is 3. The molecule has 3 aliphatic heterocycles. The minimum Gasteiger partial charge on any atom is -0.464 e. The molecule has 60 heavy (non-hydrogen) atoms. The van der Waals surface area contributed by atoms with E-state index in [9.17, 15) is 19.2 Å². The summed E-state index contributed by atoms with van der Waals surface area (Å²) >= 11 is 1.43. The number of likely N-dealkylation sites (N-methyl/N-ethyl adjacent to an activating group) is 1. The topological polar surface area (TPSA) is 160 Å². The van der Waals surface area contributed by atoms with Crippen molar-refractivity contribution in [2.75, 3.05) is 40.4 Å². The number of cyclic esters (lactones) is 1. The average molecular weight is 841 g/mol. The van der Waals surface area contributed by atoms with Gasteiger partial charge in [-0.05, 0) is 81.8 Å². The molecule has 4 unspecified atom stereocenters. The summed E-state index contributed by atoms with van der Waals surface area (Å²) in [6.45, 7) is 14.7. The highest BCUT2D eigenvalue weighted by atomic mass is 32.1. The van der Waals surface area contributed by atoms with Crippen molar-refractivity contribution in [1.82, 2.24) is 40.5 Å². The summed E-state index contributed by atoms with van der Waals surface area (Å²) in [6, 6.07) is 7.89. The standard InChI is InChI=1S/C45H60N8O6S/c1-9-52-36-15-14-28-20-31(36)32(40(52)30-12-10-17-47-38(30)27(4)58-8)22-45(5,6)25-59-44(57)33-13-11-19-53(50-33)43(56)34(21-37-48-35(28)24-60-37)49-41(54)39(26(2)3)51(7)42(55)29-16-18-46-23-29/h10,12,14-15,17,20,24,26-27,29,33-34,39,46,50H,9,11,13,16,18-19,21-23,25H2,1-8H3,(H,49,54)/t27?,29?,33-,34?,39?/m0/s1. The van der Waals surface area contributed by atoms with Gasteiger partial charge in [-0.1, -0.05) is 33.8 Å². The quantitative estimate of drug-likeness (QED) is 0.189. The fourth-order valence-electron chi connectivity index (χ4n) is 9.04. The zero-order valence-corrected chi connectivity index (χ0v) is 37.0. The summed E-state index contributed by atoms with van der Waals surface area (Å²) in [5.41, 5.74) is 9.41. The molecule has 3 aliphatic rings. The highest BCUT2D eigenvalue weighted by molar-refractivity contribution is 7.10. The van der Waals surface area contributed by atoms with Crippen molar-refractivity contribution < 1.29 is 28.7 Å². The molecule has 5 atom stereocenters. The first kappa shape index (κ1) is 43.4. The number of hydrogen-bond acceptors (Lipinski definition) is 11. The number of aromatic nitrogens is 3. The number of rotatable bonds is 9. The maximum atomic E-state index is 14.5. The maximum absolute atomic E-state index is 14.5. The molecule has 3 N–H and O–H groups in total. The summed E-state index contributed by atoms with van der Waals surface area (Å²) in [5, 5.41) is 11.5. The van der Waals surface area contributed by atoms with Gasteiger partial charge < -0.3 is 29.6 Å². The first-order chi connectivity index (χ1) is 28.7. The molecule has 0 saturated carbocycles. The Bertz CT molecular complexity index is 2230. The Labute approximate surface area is 356 Å². The Morgan fingerprint density at radius 3 is 2.68 bits per heavy atom. The molecule has 4 aromatic rings. The van der Waals surface area contributed by atoms with E-state index in [0.717, 1.165) is 51.2 Å². The summed E-state index contributed by atoms with van der Waals surface area (Å²) in [7, 11) is 3.36. The van der Waals surface area contributed by atoms with Gasteiger partial charge in [-0.2, -0.15) is 0 Å². The number of fused-ring (bicyclic) bond motifs is 6. The SMILES string of the molecule is CCn1c(-c2cccnc2C(C)OC)c2c3cc(ccc31)-c1csc(n1)CC(NC(=O)C(C(C)C)N(C)C(=O)C1CCNC1)C(=O)N1CCC[C@H](N1)C(=O)OCC(C)(C)C2. The van der Waals surface area contributed by atoms with E-state index in [1.165, 1.54) is 21.2 Å². The molecule has 2 fully saturated rings. The zero-order chi connectivity index (χ0) is 42.9. The molecule has 322 valence electrons. The van der Waals surface area contributed by atoms with E-state index in [4.69, 9.17) is 19.4 Å². The number of thiazole rings is 1. The second kappa shape index (κ2) is 18.1. The normalized spacial score (nSPS) is 22.0. The van der Waals surface area contributed by atoms with Gasteiger partial charge in [0.15, 0.2) is 0 Å². The monoisotopic (exact) mass is 840 g/mol. The number of ether oxygens (including phenoxy) is 2. The van der Waals surface area contributed by atoms with Crippen molar-refractivity contribution in [3.8, 4) is 22.5 Å². The van der Waals surface area contributed by atoms with Gasteiger partial charge in [-0.3, -0.25) is 29.2 Å². The molecule has 14 nitrogen and oxygen atoms in total. The largest absolute Gasteiger partial charge is 0.464 e. The lowest BCUT2D eigenvalue weighted by atomic mass is 9.84. The molecule has 7 rings (SSSR count). The average Bonchev–Trinajstić information content (AvgIpc) is 4.01. The second-order valence-electron chi connectivity index (χ2n) is 17.6. The number of esters is 1. The Morgan fingerprint density at radius 2 is 1.97 bits per heavy atom. The van der Waals surface area contributed by atoms with E-state index >= 15 is 0 Å². The fourth-order valence-corrected chi connectivity index (χ4v) is 9.89. The van der Waals surface area contributed by atoms with Gasteiger partial charge in [0.1, 0.15) is 18.1 Å². The van der Waals surface area contributed by atoms with Crippen LogP contribution in [0.5, 0.6) is 0 Å². The molecule has 3 amide bonds.